The maximum absolute atomic E-state index is 11.3. The van der Waals surface area contributed by atoms with Crippen LogP contribution in [0.1, 0.15) is 0 Å². The Morgan fingerprint density at radius 1 is 1.33 bits per heavy atom. The summed E-state index contributed by atoms with van der Waals surface area (Å²) >= 11 is 0. The van der Waals surface area contributed by atoms with E-state index >= 15 is 0 Å². The van der Waals surface area contributed by atoms with Crippen molar-refractivity contribution in [3.63, 3.8) is 0 Å². The van der Waals surface area contributed by atoms with Crippen LogP contribution in [0, 0.1) is 0 Å². The summed E-state index contributed by atoms with van der Waals surface area (Å²) in [4.78, 5) is 34.4. The van der Waals surface area contributed by atoms with Gasteiger partial charge in [-0.3, -0.25) is 14.4 Å². The third-order valence-electron chi connectivity index (χ3n) is 1.63. The van der Waals surface area contributed by atoms with Gasteiger partial charge < -0.3 is 21.3 Å². The van der Waals surface area contributed by atoms with Crippen molar-refractivity contribution in [1.82, 2.24) is 15.5 Å². The molecule has 0 heterocycles. The van der Waals surface area contributed by atoms with Gasteiger partial charge in [-0.1, -0.05) is 0 Å². The van der Waals surface area contributed by atoms with Crippen LogP contribution in [0.5, 0.6) is 0 Å². The Morgan fingerprint density at radius 3 is 2.40 bits per heavy atom. The Bertz CT molecular complexity index is 254. The zero-order chi connectivity index (χ0) is 11.8. The van der Waals surface area contributed by atoms with E-state index in [4.69, 9.17) is 5.73 Å². The Balaban J connectivity index is 4.07. The van der Waals surface area contributed by atoms with Crippen molar-refractivity contribution in [1.29, 1.82) is 0 Å². The predicted molar refractivity (Wildman–Crippen MR) is 53.8 cm³/mol. The highest BCUT2D eigenvalue weighted by atomic mass is 16.2. The van der Waals surface area contributed by atoms with E-state index in [1.54, 1.807) is 0 Å². The van der Waals surface area contributed by atoms with Crippen LogP contribution in [-0.2, 0) is 14.4 Å². The molecule has 7 heteroatoms. The van der Waals surface area contributed by atoms with Crippen molar-refractivity contribution in [2.75, 3.05) is 33.7 Å². The third kappa shape index (κ3) is 4.96. The highest BCUT2D eigenvalue weighted by molar-refractivity contribution is 6.35. The van der Waals surface area contributed by atoms with Crippen LogP contribution in [0.25, 0.3) is 0 Å². The van der Waals surface area contributed by atoms with Crippen LogP contribution in [0.4, 0.5) is 0 Å². The lowest BCUT2D eigenvalue weighted by molar-refractivity contribution is -0.146. The van der Waals surface area contributed by atoms with Gasteiger partial charge >= 0.3 is 11.8 Å². The molecule has 0 radical (unpaired) electrons. The molecule has 86 valence electrons. The fourth-order valence-corrected chi connectivity index (χ4v) is 0.801. The Morgan fingerprint density at radius 2 is 1.93 bits per heavy atom. The molecule has 0 aliphatic rings. The molecule has 0 aromatic carbocycles. The van der Waals surface area contributed by atoms with E-state index in [0.717, 1.165) is 4.90 Å². The first-order valence-corrected chi connectivity index (χ1v) is 4.46. The summed E-state index contributed by atoms with van der Waals surface area (Å²) in [6, 6.07) is 0. The van der Waals surface area contributed by atoms with Gasteiger partial charge in [-0.15, -0.1) is 0 Å². The van der Waals surface area contributed by atoms with Crippen LogP contribution < -0.4 is 16.4 Å². The van der Waals surface area contributed by atoms with E-state index in [-0.39, 0.29) is 25.5 Å². The molecule has 0 saturated carbocycles. The van der Waals surface area contributed by atoms with Crippen LogP contribution in [0.2, 0.25) is 0 Å². The van der Waals surface area contributed by atoms with Gasteiger partial charge in [-0.25, -0.2) is 0 Å². The highest BCUT2D eigenvalue weighted by Crippen LogP contribution is 1.84. The van der Waals surface area contributed by atoms with E-state index in [1.807, 2.05) is 0 Å². The van der Waals surface area contributed by atoms with Gasteiger partial charge in [0.1, 0.15) is 0 Å². The van der Waals surface area contributed by atoms with E-state index in [2.05, 4.69) is 10.6 Å². The maximum Gasteiger partial charge on any atom is 0.312 e. The number of nitrogens with zero attached hydrogens (tertiary/aromatic N) is 1. The van der Waals surface area contributed by atoms with Gasteiger partial charge in [0.05, 0.1) is 6.54 Å². The molecule has 0 spiro atoms. The van der Waals surface area contributed by atoms with Gasteiger partial charge in [-0.05, 0) is 0 Å². The molecule has 0 rings (SSSR count). The lowest BCUT2D eigenvalue weighted by Crippen LogP contribution is -2.45. The topological polar surface area (TPSA) is 105 Å². The molecule has 0 bridgehead atoms. The first kappa shape index (κ1) is 13.4. The van der Waals surface area contributed by atoms with Crippen molar-refractivity contribution < 1.29 is 14.4 Å². The zero-order valence-electron chi connectivity index (χ0n) is 8.87. The minimum absolute atomic E-state index is 0.147. The van der Waals surface area contributed by atoms with Gasteiger partial charge in [0, 0.05) is 27.2 Å². The number of rotatable bonds is 4. The summed E-state index contributed by atoms with van der Waals surface area (Å²) < 4.78 is 0. The average Bonchev–Trinajstić information content (AvgIpc) is 2.24. The number of likely N-dealkylation sites (N-methyl/N-ethyl adjacent to an activating group) is 2. The standard InChI is InChI=1S/C8H16N4O3/c1-10-6(13)5-12(2)8(15)7(14)11-4-3-9/h3-5,9H2,1-2H3,(H,10,13)(H,11,14). The molecule has 0 aromatic rings. The molecule has 0 unspecified atom stereocenters. The van der Waals surface area contributed by atoms with E-state index in [0.29, 0.717) is 0 Å². The normalized spacial score (nSPS) is 9.27. The number of nitrogens with one attached hydrogen (secondary N) is 2. The molecule has 0 aliphatic heterocycles. The fourth-order valence-electron chi connectivity index (χ4n) is 0.801. The molecule has 4 N–H and O–H groups in total. The number of carbonyl (C=O) groups excluding carboxylic acids is 3. The average molecular weight is 216 g/mol. The molecule has 0 aliphatic carbocycles. The second kappa shape index (κ2) is 6.77. The van der Waals surface area contributed by atoms with Crippen molar-refractivity contribution in [3.8, 4) is 0 Å². The number of nitrogens with two attached hydrogens (primary N) is 1. The number of amides is 3. The fraction of sp³-hybridized carbons (Fsp3) is 0.625. The highest BCUT2D eigenvalue weighted by Gasteiger charge is 2.19. The predicted octanol–water partition coefficient (Wildman–Crippen LogP) is -2.73. The van der Waals surface area contributed by atoms with Gasteiger partial charge in [0.25, 0.3) is 0 Å². The monoisotopic (exact) mass is 216 g/mol. The molecule has 0 saturated heterocycles. The molecule has 3 amide bonds. The van der Waals surface area contributed by atoms with E-state index in [1.165, 1.54) is 14.1 Å². The first-order valence-electron chi connectivity index (χ1n) is 4.46. The van der Waals surface area contributed by atoms with Crippen LogP contribution >= 0.6 is 0 Å². The summed E-state index contributed by atoms with van der Waals surface area (Å²) in [6.07, 6.45) is 0. The molecular weight excluding hydrogens is 200 g/mol. The minimum Gasteiger partial charge on any atom is -0.358 e. The second-order valence-corrected chi connectivity index (χ2v) is 2.88. The van der Waals surface area contributed by atoms with Crippen molar-refractivity contribution in [2.24, 2.45) is 5.73 Å². The summed E-state index contributed by atoms with van der Waals surface area (Å²) in [5, 5.41) is 4.67. The van der Waals surface area contributed by atoms with Gasteiger partial charge in [0.15, 0.2) is 0 Å². The Kier molecular flexibility index (Phi) is 6.03. The number of hydrogen-bond acceptors (Lipinski definition) is 4. The molecule has 7 nitrogen and oxygen atoms in total. The van der Waals surface area contributed by atoms with Crippen molar-refractivity contribution >= 4 is 17.7 Å². The van der Waals surface area contributed by atoms with E-state index in [9.17, 15) is 14.4 Å². The van der Waals surface area contributed by atoms with Crippen molar-refractivity contribution in [2.45, 2.75) is 0 Å². The summed E-state index contributed by atoms with van der Waals surface area (Å²) in [7, 11) is 2.83. The zero-order valence-corrected chi connectivity index (χ0v) is 8.87. The second-order valence-electron chi connectivity index (χ2n) is 2.88. The summed E-state index contributed by atoms with van der Waals surface area (Å²) in [5.41, 5.74) is 5.15. The van der Waals surface area contributed by atoms with Crippen LogP contribution in [-0.4, -0.2) is 56.4 Å². The third-order valence-corrected chi connectivity index (χ3v) is 1.63. The molecule has 15 heavy (non-hydrogen) atoms. The SMILES string of the molecule is CNC(=O)CN(C)C(=O)C(=O)NCCN. The number of carbonyl (C=O) groups is 3. The van der Waals surface area contributed by atoms with Crippen LogP contribution in [0.15, 0.2) is 0 Å². The van der Waals surface area contributed by atoms with Gasteiger partial charge in [-0.2, -0.15) is 0 Å². The molecule has 0 fully saturated rings. The largest absolute Gasteiger partial charge is 0.358 e. The molecular formula is C8H16N4O3. The minimum atomic E-state index is -0.758. The van der Waals surface area contributed by atoms with Crippen molar-refractivity contribution in [3.05, 3.63) is 0 Å². The maximum atomic E-state index is 11.3. The summed E-state index contributed by atoms with van der Waals surface area (Å²) in [6.45, 7) is 0.349. The molecule has 0 aromatic heterocycles. The lowest BCUT2D eigenvalue weighted by atomic mass is 10.4. The van der Waals surface area contributed by atoms with E-state index < -0.39 is 11.8 Å². The Labute approximate surface area is 88.0 Å². The van der Waals surface area contributed by atoms with Crippen LogP contribution in [0.3, 0.4) is 0 Å². The smallest absolute Gasteiger partial charge is 0.312 e. The first-order chi connectivity index (χ1) is 7.02. The quantitative estimate of drug-likeness (QED) is 0.443. The number of hydrogen-bond donors (Lipinski definition) is 3. The Hall–Kier alpha value is -1.63. The lowest BCUT2D eigenvalue weighted by Gasteiger charge is -2.15. The van der Waals surface area contributed by atoms with Gasteiger partial charge in [0.2, 0.25) is 5.91 Å². The molecule has 0 atom stereocenters. The summed E-state index contributed by atoms with van der Waals surface area (Å²) in [5.74, 6) is -1.85.